The van der Waals surface area contributed by atoms with E-state index in [1.807, 2.05) is 42.5 Å². The molecule has 2 aromatic rings. The summed E-state index contributed by atoms with van der Waals surface area (Å²) in [4.78, 5) is 11.3. The fraction of sp³-hybridized carbons (Fsp3) is 0.278. The quantitative estimate of drug-likeness (QED) is 0.928. The average molecular weight is 282 g/mol. The Bertz CT molecular complexity index is 604. The zero-order valence-electron chi connectivity index (χ0n) is 11.7. The Kier molecular flexibility index (Phi) is 4.02. The summed E-state index contributed by atoms with van der Waals surface area (Å²) in [7, 11) is 0. The van der Waals surface area contributed by atoms with E-state index in [1.165, 1.54) is 0 Å². The molecule has 0 aromatic heterocycles. The Hall–Kier alpha value is -2.13. The number of hydrogen-bond donors (Lipinski definition) is 1. The Labute approximate surface area is 124 Å². The molecule has 3 rings (SSSR count). The first kappa shape index (κ1) is 13.8. The maximum absolute atomic E-state index is 11.3. The predicted octanol–water partition coefficient (Wildman–Crippen LogP) is 3.91. The molecule has 0 aliphatic carbocycles. The van der Waals surface area contributed by atoms with Gasteiger partial charge in [-0.15, -0.1) is 0 Å². The van der Waals surface area contributed by atoms with E-state index < -0.39 is 11.9 Å². The zero-order valence-corrected chi connectivity index (χ0v) is 11.7. The Morgan fingerprint density at radius 1 is 1.00 bits per heavy atom. The molecule has 0 saturated carbocycles. The lowest BCUT2D eigenvalue weighted by molar-refractivity contribution is -0.151. The molecule has 2 aromatic carbocycles. The number of benzene rings is 2. The fourth-order valence-electron chi connectivity index (χ4n) is 2.86. The standard InChI is InChI=1S/C18H18O3/c19-18(20)16-7-4-12-21-17(16)15-10-8-14(9-11-15)13-5-2-1-3-6-13/h1-3,5-6,8-11,16-17H,4,7,12H2,(H,19,20). The van der Waals surface area contributed by atoms with Crippen molar-refractivity contribution in [2.24, 2.45) is 5.92 Å². The minimum absolute atomic E-state index is 0.332. The number of aliphatic carboxylic acids is 1. The Balaban J connectivity index is 1.85. The summed E-state index contributed by atoms with van der Waals surface area (Å²) in [6.07, 6.45) is 1.16. The highest BCUT2D eigenvalue weighted by atomic mass is 16.5. The summed E-state index contributed by atoms with van der Waals surface area (Å²) in [6.45, 7) is 0.634. The fourth-order valence-corrected chi connectivity index (χ4v) is 2.86. The first-order valence-electron chi connectivity index (χ1n) is 7.25. The first-order valence-corrected chi connectivity index (χ1v) is 7.25. The molecular weight excluding hydrogens is 264 g/mol. The highest BCUT2D eigenvalue weighted by Gasteiger charge is 2.32. The molecule has 108 valence electrons. The number of hydrogen-bond acceptors (Lipinski definition) is 2. The highest BCUT2D eigenvalue weighted by Crippen LogP contribution is 2.34. The van der Waals surface area contributed by atoms with Crippen LogP contribution in [0.2, 0.25) is 0 Å². The molecule has 1 saturated heterocycles. The third-order valence-corrected chi connectivity index (χ3v) is 3.99. The van der Waals surface area contributed by atoms with Crippen molar-refractivity contribution in [3.8, 4) is 11.1 Å². The van der Waals surface area contributed by atoms with Crippen molar-refractivity contribution in [2.75, 3.05) is 6.61 Å². The number of rotatable bonds is 3. The second-order valence-corrected chi connectivity index (χ2v) is 5.37. The minimum atomic E-state index is -0.771. The lowest BCUT2D eigenvalue weighted by atomic mass is 9.89. The van der Waals surface area contributed by atoms with E-state index in [9.17, 15) is 9.90 Å². The van der Waals surface area contributed by atoms with Crippen LogP contribution in [0.1, 0.15) is 24.5 Å². The first-order chi connectivity index (χ1) is 10.3. The summed E-state index contributed by atoms with van der Waals surface area (Å²) >= 11 is 0. The molecule has 1 aliphatic heterocycles. The molecule has 3 nitrogen and oxygen atoms in total. The van der Waals surface area contributed by atoms with Crippen molar-refractivity contribution in [2.45, 2.75) is 18.9 Å². The van der Waals surface area contributed by atoms with Gasteiger partial charge in [0.05, 0.1) is 12.0 Å². The van der Waals surface area contributed by atoms with Gasteiger partial charge in [0.2, 0.25) is 0 Å². The summed E-state index contributed by atoms with van der Waals surface area (Å²) in [5, 5.41) is 9.32. The van der Waals surface area contributed by atoms with Gasteiger partial charge in [-0.3, -0.25) is 4.79 Å². The Morgan fingerprint density at radius 3 is 2.33 bits per heavy atom. The van der Waals surface area contributed by atoms with E-state index in [1.54, 1.807) is 0 Å². The van der Waals surface area contributed by atoms with Crippen LogP contribution in [0, 0.1) is 5.92 Å². The molecule has 21 heavy (non-hydrogen) atoms. The van der Waals surface area contributed by atoms with Crippen LogP contribution in [0.5, 0.6) is 0 Å². The summed E-state index contributed by atoms with van der Waals surface area (Å²) in [6, 6.07) is 18.1. The molecule has 0 bridgehead atoms. The lowest BCUT2D eigenvalue weighted by Crippen LogP contribution is -2.28. The van der Waals surface area contributed by atoms with E-state index in [0.29, 0.717) is 13.0 Å². The van der Waals surface area contributed by atoms with Crippen LogP contribution in [-0.2, 0) is 9.53 Å². The van der Waals surface area contributed by atoms with Gasteiger partial charge in [-0.25, -0.2) is 0 Å². The van der Waals surface area contributed by atoms with E-state index in [4.69, 9.17) is 4.74 Å². The van der Waals surface area contributed by atoms with Crippen molar-refractivity contribution in [1.82, 2.24) is 0 Å². The van der Waals surface area contributed by atoms with Crippen molar-refractivity contribution >= 4 is 5.97 Å². The molecule has 1 aliphatic rings. The smallest absolute Gasteiger partial charge is 0.309 e. The van der Waals surface area contributed by atoms with E-state index in [2.05, 4.69) is 12.1 Å². The number of ether oxygens (including phenoxy) is 1. The van der Waals surface area contributed by atoms with Gasteiger partial charge < -0.3 is 9.84 Å². The summed E-state index contributed by atoms with van der Waals surface area (Å²) < 4.78 is 5.70. The maximum Gasteiger partial charge on any atom is 0.309 e. The molecule has 3 heteroatoms. The zero-order chi connectivity index (χ0) is 14.7. The van der Waals surface area contributed by atoms with Crippen LogP contribution < -0.4 is 0 Å². The minimum Gasteiger partial charge on any atom is -0.481 e. The number of carboxylic acid groups (broad SMARTS) is 1. The van der Waals surface area contributed by atoms with Gasteiger partial charge in [-0.2, -0.15) is 0 Å². The second-order valence-electron chi connectivity index (χ2n) is 5.37. The van der Waals surface area contributed by atoms with E-state index in [0.717, 1.165) is 23.1 Å². The van der Waals surface area contributed by atoms with Gasteiger partial charge in [-0.05, 0) is 29.5 Å². The maximum atomic E-state index is 11.3. The second kappa shape index (κ2) is 6.10. The monoisotopic (exact) mass is 282 g/mol. The van der Waals surface area contributed by atoms with Crippen LogP contribution in [0.15, 0.2) is 54.6 Å². The molecular formula is C18H18O3. The number of carbonyl (C=O) groups is 1. The molecule has 1 heterocycles. The lowest BCUT2D eigenvalue weighted by Gasteiger charge is -2.29. The molecule has 2 unspecified atom stereocenters. The van der Waals surface area contributed by atoms with Crippen LogP contribution >= 0.6 is 0 Å². The largest absolute Gasteiger partial charge is 0.481 e. The summed E-state index contributed by atoms with van der Waals surface area (Å²) in [5.74, 6) is -1.21. The van der Waals surface area contributed by atoms with Crippen molar-refractivity contribution in [1.29, 1.82) is 0 Å². The molecule has 1 N–H and O–H groups in total. The average Bonchev–Trinajstić information content (AvgIpc) is 2.56. The predicted molar refractivity (Wildman–Crippen MR) is 80.9 cm³/mol. The topological polar surface area (TPSA) is 46.5 Å². The third kappa shape index (κ3) is 2.98. The van der Waals surface area contributed by atoms with E-state index in [-0.39, 0.29) is 6.10 Å². The van der Waals surface area contributed by atoms with E-state index >= 15 is 0 Å². The highest BCUT2D eigenvalue weighted by molar-refractivity contribution is 5.71. The van der Waals surface area contributed by atoms with Crippen molar-refractivity contribution in [3.63, 3.8) is 0 Å². The van der Waals surface area contributed by atoms with Gasteiger partial charge in [0.25, 0.3) is 0 Å². The summed E-state index contributed by atoms with van der Waals surface area (Å²) in [5.41, 5.74) is 3.23. The van der Waals surface area contributed by atoms with Crippen LogP contribution in [0.3, 0.4) is 0 Å². The van der Waals surface area contributed by atoms with Crippen molar-refractivity contribution < 1.29 is 14.6 Å². The Morgan fingerprint density at radius 2 is 1.67 bits per heavy atom. The van der Waals surface area contributed by atoms with Gasteiger partial charge >= 0.3 is 5.97 Å². The van der Waals surface area contributed by atoms with Gasteiger partial charge in [-0.1, -0.05) is 54.6 Å². The van der Waals surface area contributed by atoms with Gasteiger partial charge in [0.1, 0.15) is 0 Å². The third-order valence-electron chi connectivity index (χ3n) is 3.99. The van der Waals surface area contributed by atoms with Crippen molar-refractivity contribution in [3.05, 3.63) is 60.2 Å². The van der Waals surface area contributed by atoms with Gasteiger partial charge in [0, 0.05) is 6.61 Å². The normalized spacial score (nSPS) is 21.9. The van der Waals surface area contributed by atoms with Crippen LogP contribution in [-0.4, -0.2) is 17.7 Å². The van der Waals surface area contributed by atoms with Crippen LogP contribution in [0.4, 0.5) is 0 Å². The van der Waals surface area contributed by atoms with Gasteiger partial charge in [0.15, 0.2) is 0 Å². The van der Waals surface area contributed by atoms with Crippen LogP contribution in [0.25, 0.3) is 11.1 Å². The SMILES string of the molecule is O=C(O)C1CCCOC1c1ccc(-c2ccccc2)cc1. The molecule has 1 fully saturated rings. The molecule has 2 atom stereocenters. The molecule has 0 amide bonds. The molecule has 0 radical (unpaired) electrons. The number of carboxylic acids is 1. The molecule has 0 spiro atoms.